The fourth-order valence-electron chi connectivity index (χ4n) is 2.96. The van der Waals surface area contributed by atoms with Crippen LogP contribution in [0.3, 0.4) is 0 Å². The van der Waals surface area contributed by atoms with Crippen LogP contribution in [0.5, 0.6) is 5.75 Å². The van der Waals surface area contributed by atoms with Crippen molar-refractivity contribution in [3.05, 3.63) is 93.1 Å². The van der Waals surface area contributed by atoms with Gasteiger partial charge in [-0.3, -0.25) is 14.4 Å². The zero-order valence-corrected chi connectivity index (χ0v) is 20.3. The Bertz CT molecular complexity index is 1290. The molecule has 0 atom stereocenters. The molecule has 3 rings (SSSR count). The molecule has 3 aromatic carbocycles. The number of hydrogen-bond donors (Lipinski definition) is 2. The van der Waals surface area contributed by atoms with E-state index in [0.717, 1.165) is 3.57 Å². The third-order valence-electron chi connectivity index (χ3n) is 4.63. The van der Waals surface area contributed by atoms with Crippen LogP contribution in [0.25, 0.3) is 6.08 Å². The quantitative estimate of drug-likeness (QED) is 0.172. The first-order valence-corrected chi connectivity index (χ1v) is 11.3. The fraction of sp³-hybridized carbons (Fsp3) is 0.0769. The summed E-state index contributed by atoms with van der Waals surface area (Å²) in [5.41, 5.74) is 1.89. The van der Waals surface area contributed by atoms with Gasteiger partial charge in [0, 0.05) is 9.13 Å². The van der Waals surface area contributed by atoms with Gasteiger partial charge in [0.1, 0.15) is 17.4 Å². The van der Waals surface area contributed by atoms with Gasteiger partial charge >= 0.3 is 0 Å². The summed E-state index contributed by atoms with van der Waals surface area (Å²) in [5.74, 6) is -0.638. The molecule has 0 saturated carbocycles. The van der Waals surface area contributed by atoms with E-state index in [1.165, 1.54) is 13.0 Å². The number of rotatable bonds is 8. The summed E-state index contributed by atoms with van der Waals surface area (Å²) in [6.07, 6.45) is 1.43. The van der Waals surface area contributed by atoms with Crippen molar-refractivity contribution in [2.24, 2.45) is 0 Å². The molecule has 34 heavy (non-hydrogen) atoms. The number of Topliss-reactive ketones (excluding diaryl/α,β-unsaturated/α-hetero) is 1. The number of anilines is 2. The lowest BCUT2D eigenvalue weighted by Crippen LogP contribution is -2.20. The number of nitrogens with one attached hydrogen (secondary N) is 2. The Hall–Kier alpha value is -3.97. The molecular weight excluding hydrogens is 545 g/mol. The van der Waals surface area contributed by atoms with Gasteiger partial charge in [0.15, 0.2) is 12.4 Å². The van der Waals surface area contributed by atoms with Crippen molar-refractivity contribution >= 4 is 57.6 Å². The van der Waals surface area contributed by atoms with Gasteiger partial charge in [-0.05, 0) is 77.6 Å². The van der Waals surface area contributed by atoms with Crippen molar-refractivity contribution in [2.75, 3.05) is 17.2 Å². The largest absolute Gasteiger partial charge is 0.484 e. The number of benzene rings is 3. The van der Waals surface area contributed by atoms with Gasteiger partial charge in [0.25, 0.3) is 11.8 Å². The van der Waals surface area contributed by atoms with Gasteiger partial charge in [-0.1, -0.05) is 36.4 Å². The Kier molecular flexibility index (Phi) is 8.54. The molecule has 2 N–H and O–H groups in total. The summed E-state index contributed by atoms with van der Waals surface area (Å²) in [7, 11) is 0. The van der Waals surface area contributed by atoms with E-state index in [1.807, 2.05) is 30.3 Å². The lowest BCUT2D eigenvalue weighted by molar-refractivity contribution is -0.118. The first-order valence-electron chi connectivity index (χ1n) is 10.2. The number of halogens is 1. The fourth-order valence-corrected chi connectivity index (χ4v) is 3.48. The molecule has 170 valence electrons. The highest BCUT2D eigenvalue weighted by molar-refractivity contribution is 14.1. The molecule has 3 aromatic rings. The van der Waals surface area contributed by atoms with Gasteiger partial charge in [0.05, 0.1) is 11.4 Å². The SMILES string of the molecule is CC(=O)c1ccccc1NC(=O)/C(C#N)=C\c1ccc(OCC(=O)Nc2ccccc2I)cc1. The van der Waals surface area contributed by atoms with Crippen LogP contribution in [-0.2, 0) is 9.59 Å². The van der Waals surface area contributed by atoms with Crippen LogP contribution in [0, 0.1) is 14.9 Å². The van der Waals surface area contributed by atoms with E-state index in [4.69, 9.17) is 4.74 Å². The number of hydrogen-bond acceptors (Lipinski definition) is 5. The minimum Gasteiger partial charge on any atom is -0.484 e. The van der Waals surface area contributed by atoms with Crippen LogP contribution in [0.2, 0.25) is 0 Å². The molecule has 0 unspecified atom stereocenters. The van der Waals surface area contributed by atoms with E-state index < -0.39 is 5.91 Å². The van der Waals surface area contributed by atoms with Crippen LogP contribution in [-0.4, -0.2) is 24.2 Å². The third kappa shape index (κ3) is 6.76. The zero-order valence-electron chi connectivity index (χ0n) is 18.2. The molecule has 0 aliphatic heterocycles. The normalized spacial score (nSPS) is 10.7. The molecule has 0 bridgehead atoms. The van der Waals surface area contributed by atoms with Crippen molar-refractivity contribution in [1.82, 2.24) is 0 Å². The van der Waals surface area contributed by atoms with E-state index >= 15 is 0 Å². The van der Waals surface area contributed by atoms with Crippen molar-refractivity contribution < 1.29 is 19.1 Å². The molecule has 0 aliphatic rings. The summed E-state index contributed by atoms with van der Waals surface area (Å²) >= 11 is 2.14. The lowest BCUT2D eigenvalue weighted by Gasteiger charge is -2.09. The average Bonchev–Trinajstić information content (AvgIpc) is 2.83. The standard InChI is InChI=1S/C26H20IN3O4/c1-17(31)21-6-2-4-8-23(21)30-26(33)19(15-28)14-18-10-12-20(13-11-18)34-16-25(32)29-24-9-5-3-7-22(24)27/h2-14H,16H2,1H3,(H,29,32)(H,30,33)/b19-14-. The summed E-state index contributed by atoms with van der Waals surface area (Å²) in [5, 5.41) is 14.8. The predicted octanol–water partition coefficient (Wildman–Crippen LogP) is 5.06. The molecule has 0 radical (unpaired) electrons. The second kappa shape index (κ2) is 11.8. The maximum atomic E-state index is 12.6. The third-order valence-corrected chi connectivity index (χ3v) is 5.57. The van der Waals surface area contributed by atoms with Crippen molar-refractivity contribution in [3.63, 3.8) is 0 Å². The molecule has 0 saturated heterocycles. The molecular formula is C26H20IN3O4. The van der Waals surface area contributed by atoms with Gasteiger partial charge in [-0.15, -0.1) is 0 Å². The van der Waals surface area contributed by atoms with Crippen molar-refractivity contribution in [3.8, 4) is 11.8 Å². The molecule has 0 aliphatic carbocycles. The molecule has 0 fully saturated rings. The van der Waals surface area contributed by atoms with Gasteiger partial charge in [-0.2, -0.15) is 5.26 Å². The van der Waals surface area contributed by atoms with Crippen LogP contribution in [0.4, 0.5) is 11.4 Å². The van der Waals surface area contributed by atoms with E-state index in [1.54, 1.807) is 48.5 Å². The zero-order chi connectivity index (χ0) is 24.5. The number of carbonyl (C=O) groups is 3. The highest BCUT2D eigenvalue weighted by Gasteiger charge is 2.13. The maximum absolute atomic E-state index is 12.6. The number of nitriles is 1. The number of ketones is 1. The van der Waals surface area contributed by atoms with E-state index in [0.29, 0.717) is 28.3 Å². The minimum atomic E-state index is -0.622. The number of amides is 2. The van der Waals surface area contributed by atoms with Crippen LogP contribution in [0.1, 0.15) is 22.8 Å². The van der Waals surface area contributed by atoms with Crippen LogP contribution >= 0.6 is 22.6 Å². The Morgan fingerprint density at radius 2 is 1.59 bits per heavy atom. The van der Waals surface area contributed by atoms with Crippen LogP contribution < -0.4 is 15.4 Å². The number of carbonyl (C=O) groups excluding carboxylic acids is 3. The maximum Gasteiger partial charge on any atom is 0.266 e. The van der Waals surface area contributed by atoms with Crippen molar-refractivity contribution in [2.45, 2.75) is 6.92 Å². The molecule has 0 aromatic heterocycles. The second-order valence-corrected chi connectivity index (χ2v) is 8.27. The Balaban J connectivity index is 1.62. The monoisotopic (exact) mass is 565 g/mol. The summed E-state index contributed by atoms with van der Waals surface area (Å²) < 4.78 is 6.44. The summed E-state index contributed by atoms with van der Waals surface area (Å²) in [6, 6.07) is 22.5. The van der Waals surface area contributed by atoms with Crippen LogP contribution in [0.15, 0.2) is 78.4 Å². The lowest BCUT2D eigenvalue weighted by atomic mass is 10.1. The molecule has 0 heterocycles. The highest BCUT2D eigenvalue weighted by atomic mass is 127. The van der Waals surface area contributed by atoms with E-state index in [9.17, 15) is 19.6 Å². The first kappa shape index (κ1) is 24.7. The summed E-state index contributed by atoms with van der Waals surface area (Å²) in [4.78, 5) is 36.4. The summed E-state index contributed by atoms with van der Waals surface area (Å²) in [6.45, 7) is 1.24. The minimum absolute atomic E-state index is 0.121. The smallest absolute Gasteiger partial charge is 0.266 e. The van der Waals surface area contributed by atoms with Gasteiger partial charge < -0.3 is 15.4 Å². The van der Waals surface area contributed by atoms with Gasteiger partial charge in [-0.25, -0.2) is 0 Å². The Labute approximate surface area is 210 Å². The molecule has 0 spiro atoms. The predicted molar refractivity (Wildman–Crippen MR) is 138 cm³/mol. The number of para-hydroxylation sites is 2. The van der Waals surface area contributed by atoms with E-state index in [2.05, 4.69) is 33.2 Å². The number of nitrogens with zero attached hydrogens (tertiary/aromatic N) is 1. The average molecular weight is 565 g/mol. The van der Waals surface area contributed by atoms with Crippen molar-refractivity contribution in [1.29, 1.82) is 5.26 Å². The second-order valence-electron chi connectivity index (χ2n) is 7.11. The van der Waals surface area contributed by atoms with E-state index in [-0.39, 0.29) is 23.9 Å². The number of ether oxygens (including phenoxy) is 1. The topological polar surface area (TPSA) is 108 Å². The molecule has 8 heteroatoms. The molecule has 7 nitrogen and oxygen atoms in total. The van der Waals surface area contributed by atoms with Gasteiger partial charge in [0.2, 0.25) is 0 Å². The first-order chi connectivity index (χ1) is 16.4. The Morgan fingerprint density at radius 1 is 0.941 bits per heavy atom. The Morgan fingerprint density at radius 3 is 2.24 bits per heavy atom. The highest BCUT2D eigenvalue weighted by Crippen LogP contribution is 2.19. The molecule has 2 amide bonds.